The Labute approximate surface area is 171 Å². The van der Waals surface area contributed by atoms with Crippen molar-refractivity contribution in [1.29, 1.82) is 0 Å². The molecule has 2 atom stereocenters. The number of thioether (sulfide) groups is 1. The summed E-state index contributed by atoms with van der Waals surface area (Å²) in [6.07, 6.45) is 7.91. The van der Waals surface area contributed by atoms with Crippen molar-refractivity contribution in [3.8, 4) is 5.88 Å². The molecule has 0 aromatic carbocycles. The van der Waals surface area contributed by atoms with E-state index in [0.717, 1.165) is 24.0 Å². The Hall–Kier alpha value is -2.81. The maximum atomic E-state index is 13.0. The molecule has 2 aromatic rings. The number of aliphatic carboxylic acids is 1. The lowest BCUT2D eigenvalue weighted by molar-refractivity contribution is -0.136. The summed E-state index contributed by atoms with van der Waals surface area (Å²) < 4.78 is 5.97. The molecule has 0 radical (unpaired) electrons. The van der Waals surface area contributed by atoms with Crippen LogP contribution in [-0.4, -0.2) is 38.4 Å². The quantitative estimate of drug-likeness (QED) is 0.791. The molecule has 9 heteroatoms. The third-order valence-electron chi connectivity index (χ3n) is 5.64. The summed E-state index contributed by atoms with van der Waals surface area (Å²) in [5.41, 5.74) is 2.88. The largest absolute Gasteiger partial charge is 0.480 e. The summed E-state index contributed by atoms with van der Waals surface area (Å²) in [5.74, 6) is -0.404. The number of nitrogens with zero attached hydrogens (tertiary/aromatic N) is 3. The average molecular weight is 412 g/mol. The second-order valence-electron chi connectivity index (χ2n) is 7.52. The molecular formula is C20H20N4O4S. The Morgan fingerprint density at radius 2 is 2.10 bits per heavy atom. The Morgan fingerprint density at radius 1 is 1.31 bits per heavy atom. The standard InChI is InChI=1S/C20H20N4O4S/c1-10-8-14(28-11-4-2-3-5-11)22-9-13(10)24-12-6-7-21-18-15(12)16(23-20(24)27)17(29-18)19(25)26/h6-9,11,16-17H,2-5H2,1H3,(H,23,27)(H,25,26). The maximum Gasteiger partial charge on any atom is 0.327 e. The van der Waals surface area contributed by atoms with Crippen molar-refractivity contribution in [2.24, 2.45) is 0 Å². The normalized spacial score (nSPS) is 23.1. The molecular weight excluding hydrogens is 392 g/mol. The van der Waals surface area contributed by atoms with E-state index in [4.69, 9.17) is 4.74 Å². The van der Waals surface area contributed by atoms with Crippen LogP contribution in [0, 0.1) is 6.92 Å². The van der Waals surface area contributed by atoms with Gasteiger partial charge in [-0.1, -0.05) is 11.8 Å². The summed E-state index contributed by atoms with van der Waals surface area (Å²) in [5, 5.41) is 12.2. The molecule has 1 saturated carbocycles. The molecule has 1 fully saturated rings. The second kappa shape index (κ2) is 6.91. The molecule has 5 rings (SSSR count). The monoisotopic (exact) mass is 412 g/mol. The van der Waals surface area contributed by atoms with E-state index in [2.05, 4.69) is 15.3 Å². The van der Waals surface area contributed by atoms with E-state index >= 15 is 0 Å². The minimum atomic E-state index is -0.969. The van der Waals surface area contributed by atoms with Crippen LogP contribution in [0.1, 0.15) is 42.9 Å². The molecule has 2 amide bonds. The van der Waals surface area contributed by atoms with E-state index in [-0.39, 0.29) is 12.1 Å². The molecule has 3 aliphatic rings. The molecule has 4 heterocycles. The summed E-state index contributed by atoms with van der Waals surface area (Å²) >= 11 is 1.17. The third kappa shape index (κ3) is 3.00. The fourth-order valence-electron chi connectivity index (χ4n) is 4.25. The number of ether oxygens (including phenoxy) is 1. The number of carbonyl (C=O) groups excluding carboxylic acids is 1. The number of hydrogen-bond donors (Lipinski definition) is 2. The molecule has 2 N–H and O–H groups in total. The van der Waals surface area contributed by atoms with Gasteiger partial charge in [0.05, 0.1) is 23.6 Å². The van der Waals surface area contributed by atoms with Crippen LogP contribution in [0.2, 0.25) is 0 Å². The molecule has 0 saturated heterocycles. The number of hydrogen-bond acceptors (Lipinski definition) is 6. The van der Waals surface area contributed by atoms with Gasteiger partial charge in [0.15, 0.2) is 0 Å². The highest BCUT2D eigenvalue weighted by molar-refractivity contribution is 8.00. The molecule has 150 valence electrons. The lowest BCUT2D eigenvalue weighted by Crippen LogP contribution is -2.47. The number of carboxylic acid groups (broad SMARTS) is 1. The second-order valence-corrected chi connectivity index (χ2v) is 8.65. The number of rotatable bonds is 4. The van der Waals surface area contributed by atoms with Gasteiger partial charge in [0.1, 0.15) is 16.4 Å². The third-order valence-corrected chi connectivity index (χ3v) is 6.91. The Balaban J connectivity index is 1.51. The van der Waals surface area contributed by atoms with Crippen molar-refractivity contribution in [2.75, 3.05) is 4.90 Å². The van der Waals surface area contributed by atoms with Crippen LogP contribution in [0.15, 0.2) is 29.6 Å². The van der Waals surface area contributed by atoms with Gasteiger partial charge in [-0.15, -0.1) is 0 Å². The predicted octanol–water partition coefficient (Wildman–Crippen LogP) is 3.57. The van der Waals surface area contributed by atoms with Gasteiger partial charge in [-0.2, -0.15) is 0 Å². The van der Waals surface area contributed by atoms with Crippen molar-refractivity contribution in [2.45, 2.75) is 55.0 Å². The van der Waals surface area contributed by atoms with Crippen LogP contribution in [0.25, 0.3) is 0 Å². The first-order valence-electron chi connectivity index (χ1n) is 9.65. The number of urea groups is 1. The van der Waals surface area contributed by atoms with Gasteiger partial charge in [-0.25, -0.2) is 14.8 Å². The number of carboxylic acids is 1. The van der Waals surface area contributed by atoms with Gasteiger partial charge >= 0.3 is 12.0 Å². The van der Waals surface area contributed by atoms with Crippen molar-refractivity contribution < 1.29 is 19.4 Å². The van der Waals surface area contributed by atoms with Crippen LogP contribution < -0.4 is 15.0 Å². The smallest absolute Gasteiger partial charge is 0.327 e. The van der Waals surface area contributed by atoms with Crippen molar-refractivity contribution in [3.63, 3.8) is 0 Å². The predicted molar refractivity (Wildman–Crippen MR) is 107 cm³/mol. The molecule has 2 aliphatic heterocycles. The summed E-state index contributed by atoms with van der Waals surface area (Å²) in [6.45, 7) is 1.91. The molecule has 2 unspecified atom stereocenters. The SMILES string of the molecule is Cc1cc(OC2CCCC2)ncc1N1C(=O)NC2c3c1ccnc3SC2C(=O)O. The van der Waals surface area contributed by atoms with Gasteiger partial charge < -0.3 is 15.2 Å². The minimum Gasteiger partial charge on any atom is -0.480 e. The number of aromatic nitrogens is 2. The molecule has 0 bridgehead atoms. The van der Waals surface area contributed by atoms with Crippen LogP contribution in [-0.2, 0) is 4.79 Å². The van der Waals surface area contributed by atoms with E-state index in [0.29, 0.717) is 22.3 Å². The maximum absolute atomic E-state index is 13.0. The van der Waals surface area contributed by atoms with E-state index in [1.165, 1.54) is 24.6 Å². The zero-order valence-electron chi connectivity index (χ0n) is 15.8. The van der Waals surface area contributed by atoms with Crippen LogP contribution >= 0.6 is 11.8 Å². The fraction of sp³-hybridized carbons (Fsp3) is 0.400. The zero-order valence-corrected chi connectivity index (χ0v) is 16.6. The number of nitrogens with one attached hydrogen (secondary N) is 1. The lowest BCUT2D eigenvalue weighted by atomic mass is 10.0. The molecule has 29 heavy (non-hydrogen) atoms. The van der Waals surface area contributed by atoms with Crippen LogP contribution in [0.3, 0.4) is 0 Å². The van der Waals surface area contributed by atoms with Gasteiger partial charge in [0, 0.05) is 17.8 Å². The first kappa shape index (κ1) is 18.2. The average Bonchev–Trinajstić information content (AvgIpc) is 3.32. The molecule has 8 nitrogen and oxygen atoms in total. The van der Waals surface area contributed by atoms with Gasteiger partial charge in [0.2, 0.25) is 5.88 Å². The zero-order chi connectivity index (χ0) is 20.1. The highest BCUT2D eigenvalue weighted by atomic mass is 32.2. The first-order valence-corrected chi connectivity index (χ1v) is 10.5. The van der Waals surface area contributed by atoms with Crippen molar-refractivity contribution >= 4 is 35.1 Å². The summed E-state index contributed by atoms with van der Waals surface area (Å²) in [4.78, 5) is 34.9. The number of carbonyl (C=O) groups is 2. The van der Waals surface area contributed by atoms with Crippen LogP contribution in [0.4, 0.5) is 16.2 Å². The Morgan fingerprint density at radius 3 is 2.83 bits per heavy atom. The van der Waals surface area contributed by atoms with E-state index in [1.54, 1.807) is 23.4 Å². The van der Waals surface area contributed by atoms with Crippen LogP contribution in [0.5, 0.6) is 5.88 Å². The molecule has 0 spiro atoms. The van der Waals surface area contributed by atoms with Gasteiger partial charge in [-0.3, -0.25) is 9.69 Å². The highest BCUT2D eigenvalue weighted by Gasteiger charge is 2.46. The van der Waals surface area contributed by atoms with Gasteiger partial charge in [-0.05, 0) is 44.2 Å². The fourth-order valence-corrected chi connectivity index (χ4v) is 5.41. The van der Waals surface area contributed by atoms with E-state index < -0.39 is 17.3 Å². The number of aryl methyl sites for hydroxylation is 1. The van der Waals surface area contributed by atoms with E-state index in [9.17, 15) is 14.7 Å². The first-order chi connectivity index (χ1) is 14.0. The van der Waals surface area contributed by atoms with Gasteiger partial charge in [0.25, 0.3) is 0 Å². The van der Waals surface area contributed by atoms with Crippen molar-refractivity contribution in [1.82, 2.24) is 15.3 Å². The lowest BCUT2D eigenvalue weighted by Gasteiger charge is -2.34. The number of amides is 2. The number of anilines is 2. The molecule has 2 aromatic heterocycles. The Bertz CT molecular complexity index is 1010. The summed E-state index contributed by atoms with van der Waals surface area (Å²) in [6, 6.07) is 2.63. The topological polar surface area (TPSA) is 105 Å². The molecule has 1 aliphatic carbocycles. The van der Waals surface area contributed by atoms with E-state index in [1.807, 2.05) is 13.0 Å². The van der Waals surface area contributed by atoms with Crippen molar-refractivity contribution in [3.05, 3.63) is 35.7 Å². The summed E-state index contributed by atoms with van der Waals surface area (Å²) in [7, 11) is 0. The minimum absolute atomic E-state index is 0.209. The Kier molecular flexibility index (Phi) is 4.34. The number of pyridine rings is 2. The highest BCUT2D eigenvalue weighted by Crippen LogP contribution is 2.50.